The number of rotatable bonds is 10. The number of nitrogens with one attached hydrogen (secondary N) is 1. The van der Waals surface area contributed by atoms with Crippen molar-refractivity contribution in [2.75, 3.05) is 14.2 Å². The summed E-state index contributed by atoms with van der Waals surface area (Å²) < 4.78 is 42.9. The fourth-order valence-electron chi connectivity index (χ4n) is 8.69. The van der Waals surface area contributed by atoms with Crippen LogP contribution in [0.3, 0.4) is 0 Å². The number of aliphatic hydroxyl groups excluding tert-OH is 3. The zero-order valence-corrected chi connectivity index (χ0v) is 31.0. The fraction of sp³-hybridized carbons (Fsp3) is 0.425. The molecule has 4 heterocycles. The molecule has 9 N–H and O–H groups in total. The summed E-state index contributed by atoms with van der Waals surface area (Å²) in [4.78, 5) is 39.5. The van der Waals surface area contributed by atoms with Gasteiger partial charge < -0.3 is 70.0 Å². The number of H-pyrrole nitrogens is 1. The van der Waals surface area contributed by atoms with Gasteiger partial charge in [-0.15, -0.1) is 0 Å². The molecule has 17 nitrogen and oxygen atoms in total. The van der Waals surface area contributed by atoms with Gasteiger partial charge in [0.1, 0.15) is 59.8 Å². The maximum absolute atomic E-state index is 12.7. The molecule has 302 valence electrons. The Morgan fingerprint density at radius 1 is 0.982 bits per heavy atom. The third kappa shape index (κ3) is 6.59. The van der Waals surface area contributed by atoms with Gasteiger partial charge in [-0.25, -0.2) is 0 Å². The second kappa shape index (κ2) is 14.8. The van der Waals surface area contributed by atoms with Crippen molar-refractivity contribution in [3.63, 3.8) is 0 Å². The quantitative estimate of drug-likeness (QED) is 0.0690. The van der Waals surface area contributed by atoms with Gasteiger partial charge in [-0.1, -0.05) is 24.3 Å². The minimum Gasteiger partial charge on any atom is -0.493 e. The molecule has 1 saturated heterocycles. The largest absolute Gasteiger partial charge is 0.493 e. The van der Waals surface area contributed by atoms with Crippen LogP contribution in [0.5, 0.6) is 28.7 Å². The highest BCUT2D eigenvalue weighted by atomic mass is 16.7. The number of hydrogen-bond acceptors (Lipinski definition) is 15. The Bertz CT molecular complexity index is 2210. The Morgan fingerprint density at radius 3 is 2.44 bits per heavy atom. The molecule has 8 rings (SSSR count). The highest BCUT2D eigenvalue weighted by molar-refractivity contribution is 5.97. The first-order valence-corrected chi connectivity index (χ1v) is 18.5. The minimum atomic E-state index is -1.91. The number of carbonyl (C=O) groups is 3. The van der Waals surface area contributed by atoms with Gasteiger partial charge >= 0.3 is 11.9 Å². The van der Waals surface area contributed by atoms with E-state index in [1.54, 1.807) is 19.2 Å². The molecular formula is C40H43N3O14. The summed E-state index contributed by atoms with van der Waals surface area (Å²) in [6, 6.07) is 14.8. The van der Waals surface area contributed by atoms with E-state index >= 15 is 0 Å². The van der Waals surface area contributed by atoms with Crippen molar-refractivity contribution in [2.24, 2.45) is 11.5 Å². The number of aromatic amines is 1. The van der Waals surface area contributed by atoms with Crippen LogP contribution in [0.2, 0.25) is 0 Å². The number of methoxy groups -OCH3 is 2. The van der Waals surface area contributed by atoms with Gasteiger partial charge in [-0.05, 0) is 36.6 Å². The number of carboxylic acid groups (broad SMARTS) is 1. The predicted octanol–water partition coefficient (Wildman–Crippen LogP) is 2.16. The molecule has 17 heteroatoms. The van der Waals surface area contributed by atoms with Crippen LogP contribution in [0, 0.1) is 0 Å². The van der Waals surface area contributed by atoms with Gasteiger partial charge in [0.15, 0.2) is 17.6 Å². The van der Waals surface area contributed by atoms with E-state index in [2.05, 4.69) is 4.98 Å². The zero-order valence-electron chi connectivity index (χ0n) is 31.0. The van der Waals surface area contributed by atoms with Crippen LogP contribution in [0.1, 0.15) is 55.3 Å². The molecule has 3 aliphatic heterocycles. The molecule has 0 radical (unpaired) electrons. The maximum atomic E-state index is 12.7. The number of carbonyl (C=O) groups excluding carboxylic acids is 2. The number of carboxylic acids is 1. The third-order valence-corrected chi connectivity index (χ3v) is 11.4. The Morgan fingerprint density at radius 2 is 1.74 bits per heavy atom. The van der Waals surface area contributed by atoms with E-state index in [-0.39, 0.29) is 30.3 Å². The Labute approximate surface area is 325 Å². The monoisotopic (exact) mass is 789 g/mol. The number of para-hydroxylation sites is 1. The number of hydrogen-bond donors (Lipinski definition) is 7. The molecule has 3 aromatic carbocycles. The summed E-state index contributed by atoms with van der Waals surface area (Å²) in [6.07, 6.45) is -10.6. The predicted molar refractivity (Wildman–Crippen MR) is 198 cm³/mol. The van der Waals surface area contributed by atoms with Gasteiger partial charge in [-0.3, -0.25) is 14.4 Å². The van der Waals surface area contributed by atoms with Gasteiger partial charge in [0.2, 0.25) is 12.0 Å². The smallest absolute Gasteiger partial charge is 0.317 e. The van der Waals surface area contributed by atoms with Crippen LogP contribution < -0.4 is 35.2 Å². The highest BCUT2D eigenvalue weighted by Gasteiger charge is 2.58. The molecular weight excluding hydrogens is 746 g/mol. The number of aliphatic carboxylic acids is 1. The molecule has 0 bridgehead atoms. The Hall–Kier alpha value is -5.43. The van der Waals surface area contributed by atoms with Crippen molar-refractivity contribution in [1.82, 2.24) is 4.98 Å². The fourth-order valence-corrected chi connectivity index (χ4v) is 8.69. The molecule has 1 aliphatic carbocycles. The van der Waals surface area contributed by atoms with Gasteiger partial charge in [0.05, 0.1) is 26.3 Å². The van der Waals surface area contributed by atoms with Crippen LogP contribution in [0.4, 0.5) is 0 Å². The minimum absolute atomic E-state index is 0.104. The van der Waals surface area contributed by atoms with E-state index in [4.69, 9.17) is 49.7 Å². The summed E-state index contributed by atoms with van der Waals surface area (Å²) in [5, 5.41) is 43.0. The molecule has 1 spiro atoms. The number of fused-ring (bicyclic) bond motifs is 7. The lowest BCUT2D eigenvalue weighted by molar-refractivity contribution is -0.291. The molecule has 8 unspecified atom stereocenters. The summed E-state index contributed by atoms with van der Waals surface area (Å²) in [5.74, 6) is -1.07. The molecule has 4 aromatic rings. The van der Waals surface area contributed by atoms with Crippen LogP contribution in [-0.4, -0.2) is 106 Å². The van der Waals surface area contributed by atoms with E-state index in [1.165, 1.54) is 7.11 Å². The first kappa shape index (κ1) is 38.4. The first-order chi connectivity index (χ1) is 27.3. The lowest BCUT2D eigenvalue weighted by atomic mass is 9.67. The normalized spacial score (nSPS) is 26.5. The van der Waals surface area contributed by atoms with Crippen LogP contribution in [-0.2, 0) is 23.9 Å². The van der Waals surface area contributed by atoms with E-state index in [0.717, 1.165) is 22.0 Å². The van der Waals surface area contributed by atoms with E-state index < -0.39 is 73.0 Å². The summed E-state index contributed by atoms with van der Waals surface area (Å²) in [6.45, 7) is 0. The van der Waals surface area contributed by atoms with E-state index in [9.17, 15) is 29.7 Å². The van der Waals surface area contributed by atoms with Crippen molar-refractivity contribution in [3.8, 4) is 39.9 Å². The lowest BCUT2D eigenvalue weighted by Crippen LogP contribution is -2.66. The number of aliphatic hydroxyl groups is 3. The summed E-state index contributed by atoms with van der Waals surface area (Å²) in [5.41, 5.74) is 14.6. The number of aromatic nitrogens is 1. The second-order valence-corrected chi connectivity index (χ2v) is 14.7. The number of benzene rings is 3. The average molecular weight is 790 g/mol. The van der Waals surface area contributed by atoms with Gasteiger partial charge in [0.25, 0.3) is 0 Å². The maximum Gasteiger partial charge on any atom is 0.317 e. The molecule has 0 amide bonds. The summed E-state index contributed by atoms with van der Waals surface area (Å²) in [7, 11) is 3.08. The Balaban J connectivity index is 1.25. The number of ether oxygens (including phenoxy) is 7. The van der Waals surface area contributed by atoms with Gasteiger partial charge in [-0.2, -0.15) is 0 Å². The van der Waals surface area contributed by atoms with Crippen molar-refractivity contribution in [3.05, 3.63) is 65.9 Å². The number of Topliss-reactive ketones (excluding diaryl/α,β-unsaturated/α-hetero) is 1. The average Bonchev–Trinajstić information content (AvgIpc) is 3.80. The van der Waals surface area contributed by atoms with Crippen LogP contribution in [0.25, 0.3) is 22.0 Å². The Kier molecular flexibility index (Phi) is 9.99. The molecule has 1 saturated carbocycles. The van der Waals surface area contributed by atoms with Crippen LogP contribution in [0.15, 0.2) is 54.7 Å². The van der Waals surface area contributed by atoms with Gasteiger partial charge in [0, 0.05) is 52.7 Å². The number of nitrogens with two attached hydrogens (primary N) is 2. The van der Waals surface area contributed by atoms with Crippen molar-refractivity contribution in [1.29, 1.82) is 0 Å². The van der Waals surface area contributed by atoms with Crippen molar-refractivity contribution < 1.29 is 68.0 Å². The molecule has 1 aromatic heterocycles. The number of esters is 1. The third-order valence-electron chi connectivity index (χ3n) is 11.4. The zero-order chi connectivity index (χ0) is 40.3. The van der Waals surface area contributed by atoms with E-state index in [0.29, 0.717) is 47.0 Å². The first-order valence-electron chi connectivity index (χ1n) is 18.5. The molecule has 2 fully saturated rings. The topological polar surface area (TPSA) is 265 Å². The highest BCUT2D eigenvalue weighted by Crippen LogP contribution is 2.65. The lowest BCUT2D eigenvalue weighted by Gasteiger charge is -2.48. The van der Waals surface area contributed by atoms with E-state index in [1.807, 2.05) is 42.6 Å². The standard InChI is InChI=1S/C40H43N3O14/c1-51-24-8-7-20-29-35(55-33(20)34(24)52-2)28-21(22-16-43-23-6-4-3-5-19(22)23)13-18(14-25(28)57-40(29)11-9-17(44)10-12-40)53-39-32(50)30(48)31(49)36(56-39)37(38(41)42)54-27(47)15-26(45)46/h3-8,13-14,16,29-32,35-39,43,48-50H,9-12,15,41-42H2,1-2H3,(H,45,46). The van der Waals surface area contributed by atoms with Crippen molar-refractivity contribution >= 4 is 28.6 Å². The van der Waals surface area contributed by atoms with Crippen LogP contribution >= 0.6 is 0 Å². The van der Waals surface area contributed by atoms with Crippen molar-refractivity contribution in [2.45, 2.75) is 92.7 Å². The molecule has 4 aliphatic rings. The molecule has 8 atom stereocenters. The SMILES string of the molecule is COc1ccc2c(c1OC)OC1c3c(cc(OC4OC(C(OC(=O)CC(=O)O)C(N)N)C(O)C(O)C4O)cc3-c3c[nH]c4ccccc34)OC3(CCC(=O)CC3)C21. The second-order valence-electron chi connectivity index (χ2n) is 14.7. The molecule has 57 heavy (non-hydrogen) atoms. The summed E-state index contributed by atoms with van der Waals surface area (Å²) >= 11 is 0. The number of ketones is 1.